The molecule has 0 N–H and O–H groups in total. The van der Waals surface area contributed by atoms with Gasteiger partial charge in [-0.05, 0) is 54.5 Å². The van der Waals surface area contributed by atoms with E-state index in [1.165, 1.54) is 31.1 Å². The van der Waals surface area contributed by atoms with Crippen LogP contribution in [-0.4, -0.2) is 32.6 Å². The van der Waals surface area contributed by atoms with E-state index in [0.717, 1.165) is 18.4 Å². The fourth-order valence-electron chi connectivity index (χ4n) is 3.37. The molecule has 0 heterocycles. The van der Waals surface area contributed by atoms with E-state index >= 15 is 0 Å². The Bertz CT molecular complexity index is 841. The van der Waals surface area contributed by atoms with Gasteiger partial charge in [-0.15, -0.1) is 0 Å². The van der Waals surface area contributed by atoms with Gasteiger partial charge in [0.1, 0.15) is 11.5 Å². The van der Waals surface area contributed by atoms with Crippen molar-refractivity contribution >= 4 is 11.8 Å². The van der Waals surface area contributed by atoms with Crippen LogP contribution in [0.15, 0.2) is 36.4 Å². The molecule has 2 aromatic carbocycles. The van der Waals surface area contributed by atoms with Crippen molar-refractivity contribution in [3.8, 4) is 11.5 Å². The third-order valence-corrected chi connectivity index (χ3v) is 4.83. The van der Waals surface area contributed by atoms with Crippen molar-refractivity contribution in [3.63, 3.8) is 0 Å². The lowest BCUT2D eigenvalue weighted by atomic mass is 9.90. The summed E-state index contributed by atoms with van der Waals surface area (Å²) in [5.41, 5.74) is 3.99. The summed E-state index contributed by atoms with van der Waals surface area (Å²) in [6, 6.07) is 11.1. The van der Waals surface area contributed by atoms with Crippen LogP contribution in [0.4, 0.5) is 0 Å². The second-order valence-corrected chi connectivity index (χ2v) is 6.64. The van der Waals surface area contributed by atoms with Gasteiger partial charge in [0.05, 0.1) is 26.2 Å². The molecule has 0 amide bonds. The second-order valence-electron chi connectivity index (χ2n) is 6.64. The molecule has 3 rings (SSSR count). The fraction of sp³-hybridized carbons (Fsp3) is 0.364. The number of hydrogen-bond acceptors (Lipinski definition) is 5. The van der Waals surface area contributed by atoms with Crippen molar-refractivity contribution in [1.82, 2.24) is 0 Å². The first-order valence-electron chi connectivity index (χ1n) is 9.12. The first kappa shape index (κ1) is 19.0. The summed E-state index contributed by atoms with van der Waals surface area (Å²) in [5.74, 6) is 0.262. The third-order valence-electron chi connectivity index (χ3n) is 4.83. The fourth-order valence-corrected chi connectivity index (χ4v) is 3.37. The molecule has 1 aliphatic rings. The molecule has 2 aromatic rings. The Kier molecular flexibility index (Phi) is 6.12. The second kappa shape index (κ2) is 8.71. The van der Waals surface area contributed by atoms with E-state index in [1.54, 1.807) is 25.3 Å². The number of ether oxygens (including phenoxy) is 3. The van der Waals surface area contributed by atoms with Gasteiger partial charge in [-0.2, -0.15) is 0 Å². The van der Waals surface area contributed by atoms with Crippen molar-refractivity contribution in [2.75, 3.05) is 20.8 Å². The molecule has 0 saturated heterocycles. The van der Waals surface area contributed by atoms with Crippen molar-refractivity contribution < 1.29 is 23.8 Å². The average molecular weight is 368 g/mol. The van der Waals surface area contributed by atoms with Gasteiger partial charge in [-0.3, -0.25) is 9.59 Å². The molecule has 0 aliphatic heterocycles. The van der Waals surface area contributed by atoms with Gasteiger partial charge in [0.25, 0.3) is 0 Å². The third kappa shape index (κ3) is 4.67. The summed E-state index contributed by atoms with van der Waals surface area (Å²) in [5, 5.41) is 0. The maximum Gasteiger partial charge on any atom is 0.310 e. The molecule has 0 spiro atoms. The van der Waals surface area contributed by atoms with E-state index in [0.29, 0.717) is 17.1 Å². The number of carbonyl (C=O) groups excluding carboxylic acids is 2. The van der Waals surface area contributed by atoms with Crippen LogP contribution < -0.4 is 9.47 Å². The summed E-state index contributed by atoms with van der Waals surface area (Å²) in [6.45, 7) is -0.313. The highest BCUT2D eigenvalue weighted by atomic mass is 16.5. The first-order chi connectivity index (χ1) is 13.1. The number of fused-ring (bicyclic) bond motifs is 1. The van der Waals surface area contributed by atoms with Gasteiger partial charge < -0.3 is 14.2 Å². The maximum atomic E-state index is 12.4. The summed E-state index contributed by atoms with van der Waals surface area (Å²) in [7, 11) is 3.02. The zero-order valence-corrected chi connectivity index (χ0v) is 15.7. The predicted molar refractivity (Wildman–Crippen MR) is 102 cm³/mol. The zero-order valence-electron chi connectivity index (χ0n) is 15.7. The number of carbonyl (C=O) groups is 2. The number of aryl methyl sites for hydroxylation is 2. The summed E-state index contributed by atoms with van der Waals surface area (Å²) < 4.78 is 15.5. The molecule has 0 bridgehead atoms. The van der Waals surface area contributed by atoms with E-state index in [4.69, 9.17) is 14.2 Å². The van der Waals surface area contributed by atoms with Gasteiger partial charge in [0, 0.05) is 6.07 Å². The Morgan fingerprint density at radius 2 is 1.70 bits per heavy atom. The predicted octanol–water partition coefficient (Wildman–Crippen LogP) is 3.55. The topological polar surface area (TPSA) is 61.8 Å². The highest BCUT2D eigenvalue weighted by molar-refractivity contribution is 6.00. The Morgan fingerprint density at radius 3 is 2.44 bits per heavy atom. The molecule has 0 aromatic heterocycles. The first-order valence-corrected chi connectivity index (χ1v) is 9.12. The number of ketones is 1. The van der Waals surface area contributed by atoms with Crippen molar-refractivity contribution in [3.05, 3.63) is 58.7 Å². The van der Waals surface area contributed by atoms with Crippen LogP contribution in [0.1, 0.15) is 39.9 Å². The average Bonchev–Trinajstić information content (AvgIpc) is 2.71. The smallest absolute Gasteiger partial charge is 0.310 e. The lowest BCUT2D eigenvalue weighted by Crippen LogP contribution is -2.16. The van der Waals surface area contributed by atoms with Crippen LogP contribution in [-0.2, 0) is 28.8 Å². The van der Waals surface area contributed by atoms with Crippen LogP contribution in [0, 0.1) is 0 Å². The van der Waals surface area contributed by atoms with Gasteiger partial charge in [-0.1, -0.05) is 18.2 Å². The highest BCUT2D eigenvalue weighted by Crippen LogP contribution is 2.25. The highest BCUT2D eigenvalue weighted by Gasteiger charge is 2.16. The SMILES string of the molecule is COc1ccc(C(=O)COC(=O)Cc2ccc3c(c2)CCCC3)c(OC)c1. The minimum absolute atomic E-state index is 0.167. The Morgan fingerprint density at radius 1 is 0.926 bits per heavy atom. The van der Waals surface area contributed by atoms with E-state index in [9.17, 15) is 9.59 Å². The number of methoxy groups -OCH3 is 2. The monoisotopic (exact) mass is 368 g/mol. The van der Waals surface area contributed by atoms with Gasteiger partial charge >= 0.3 is 5.97 Å². The molecule has 0 radical (unpaired) electrons. The lowest BCUT2D eigenvalue weighted by molar-refractivity contribution is -0.141. The van der Waals surface area contributed by atoms with E-state index < -0.39 is 5.97 Å². The molecular weight excluding hydrogens is 344 g/mol. The number of hydrogen-bond donors (Lipinski definition) is 0. The molecule has 5 heteroatoms. The number of esters is 1. The summed E-state index contributed by atoms with van der Waals surface area (Å²) >= 11 is 0. The molecule has 0 fully saturated rings. The molecule has 0 atom stereocenters. The van der Waals surface area contributed by atoms with E-state index in [-0.39, 0.29) is 18.8 Å². The Labute approximate surface area is 159 Å². The number of Topliss-reactive ketones (excluding diaryl/α,β-unsaturated/α-hetero) is 1. The van der Waals surface area contributed by atoms with Crippen LogP contribution in [0.5, 0.6) is 11.5 Å². The molecule has 0 saturated carbocycles. The molecule has 27 heavy (non-hydrogen) atoms. The molecular formula is C22H24O5. The van der Waals surface area contributed by atoms with Crippen LogP contribution in [0.3, 0.4) is 0 Å². The maximum absolute atomic E-state index is 12.4. The van der Waals surface area contributed by atoms with E-state index in [1.807, 2.05) is 6.07 Å². The standard InChI is InChI=1S/C22H24O5/c1-25-18-9-10-19(21(13-18)26-2)20(23)14-27-22(24)12-15-7-8-16-5-3-4-6-17(16)11-15/h7-11,13H,3-6,12,14H2,1-2H3. The van der Waals surface area contributed by atoms with Crippen molar-refractivity contribution in [2.24, 2.45) is 0 Å². The van der Waals surface area contributed by atoms with Crippen LogP contribution >= 0.6 is 0 Å². The molecule has 5 nitrogen and oxygen atoms in total. The lowest BCUT2D eigenvalue weighted by Gasteiger charge is -2.16. The zero-order chi connectivity index (χ0) is 19.2. The molecule has 0 unspecified atom stereocenters. The Hall–Kier alpha value is -2.82. The van der Waals surface area contributed by atoms with Gasteiger partial charge in [0.2, 0.25) is 5.78 Å². The largest absolute Gasteiger partial charge is 0.497 e. The van der Waals surface area contributed by atoms with E-state index in [2.05, 4.69) is 12.1 Å². The minimum atomic E-state index is -0.411. The Balaban J connectivity index is 1.58. The quantitative estimate of drug-likeness (QED) is 0.552. The van der Waals surface area contributed by atoms with Gasteiger partial charge in [0.15, 0.2) is 6.61 Å². The van der Waals surface area contributed by atoms with Crippen LogP contribution in [0.2, 0.25) is 0 Å². The van der Waals surface area contributed by atoms with Crippen molar-refractivity contribution in [1.29, 1.82) is 0 Å². The van der Waals surface area contributed by atoms with Gasteiger partial charge in [-0.25, -0.2) is 0 Å². The van der Waals surface area contributed by atoms with Crippen LogP contribution in [0.25, 0.3) is 0 Å². The number of benzene rings is 2. The minimum Gasteiger partial charge on any atom is -0.497 e. The number of rotatable bonds is 7. The summed E-state index contributed by atoms with van der Waals surface area (Å²) in [6.07, 6.45) is 4.76. The molecule has 142 valence electrons. The molecule has 1 aliphatic carbocycles. The summed E-state index contributed by atoms with van der Waals surface area (Å²) in [4.78, 5) is 24.5. The normalized spacial score (nSPS) is 12.8. The van der Waals surface area contributed by atoms with Crippen molar-refractivity contribution in [2.45, 2.75) is 32.1 Å².